The largest absolute Gasteiger partial charge is 0.446 e. The Bertz CT molecular complexity index is 236. The van der Waals surface area contributed by atoms with Crippen LogP contribution in [-0.2, 0) is 19.1 Å². The quantitative estimate of drug-likeness (QED) is 0.335. The van der Waals surface area contributed by atoms with Crippen molar-refractivity contribution in [3.8, 4) is 0 Å². The molecule has 0 aromatic carbocycles. The van der Waals surface area contributed by atoms with Crippen LogP contribution in [0.4, 0.5) is 0 Å². The third-order valence-electron chi connectivity index (χ3n) is 2.63. The Hall–Kier alpha value is -1.04. The minimum Gasteiger partial charge on any atom is -0.446 e. The van der Waals surface area contributed by atoms with Gasteiger partial charge < -0.3 is 14.4 Å². The SMILES string of the molecule is BCC(=O)N(COC=O)[C@H]1COC[C@@H]1C. The van der Waals surface area contributed by atoms with Crippen molar-refractivity contribution >= 4 is 20.2 Å². The molecule has 1 amide bonds. The van der Waals surface area contributed by atoms with Crippen molar-refractivity contribution in [2.75, 3.05) is 19.9 Å². The number of rotatable bonds is 5. The Kier molecular flexibility index (Phi) is 4.61. The molecule has 0 bridgehead atoms. The molecule has 0 aromatic rings. The second-order valence-corrected chi connectivity index (χ2v) is 3.69. The van der Waals surface area contributed by atoms with Crippen LogP contribution in [0.1, 0.15) is 6.92 Å². The highest BCUT2D eigenvalue weighted by Gasteiger charge is 2.32. The molecule has 0 aliphatic carbocycles. The summed E-state index contributed by atoms with van der Waals surface area (Å²) < 4.78 is 9.94. The molecule has 0 spiro atoms. The standard InChI is InChI=1S/C9H16BNO4/c1-7-3-14-4-8(7)11(5-15-6-12)9(13)2-10/h6-8H,2-5,10H2,1H3/t7-,8-/m0/s1. The predicted molar refractivity (Wildman–Crippen MR) is 56.0 cm³/mol. The van der Waals surface area contributed by atoms with Crippen LogP contribution in [-0.4, -0.2) is 51.1 Å². The van der Waals surface area contributed by atoms with Crippen LogP contribution in [0.25, 0.3) is 0 Å². The van der Waals surface area contributed by atoms with Gasteiger partial charge in [-0.25, -0.2) is 0 Å². The number of carbonyl (C=O) groups excluding carboxylic acids is 2. The van der Waals surface area contributed by atoms with Crippen molar-refractivity contribution < 1.29 is 19.1 Å². The van der Waals surface area contributed by atoms with Gasteiger partial charge >= 0.3 is 0 Å². The van der Waals surface area contributed by atoms with Gasteiger partial charge in [0.25, 0.3) is 6.47 Å². The van der Waals surface area contributed by atoms with E-state index in [1.807, 2.05) is 6.92 Å². The first-order chi connectivity index (χ1) is 7.20. The molecular formula is C9H16BNO4. The lowest BCUT2D eigenvalue weighted by Gasteiger charge is -2.29. The number of hydrogen-bond acceptors (Lipinski definition) is 4. The lowest BCUT2D eigenvalue weighted by atomic mass is 10.0. The van der Waals surface area contributed by atoms with Crippen LogP contribution < -0.4 is 0 Å². The lowest BCUT2D eigenvalue weighted by Crippen LogP contribution is -2.44. The van der Waals surface area contributed by atoms with Gasteiger partial charge in [0.1, 0.15) is 7.85 Å². The molecule has 1 aliphatic rings. The van der Waals surface area contributed by atoms with Crippen molar-refractivity contribution in [1.29, 1.82) is 0 Å². The fourth-order valence-electron chi connectivity index (χ4n) is 1.71. The van der Waals surface area contributed by atoms with E-state index in [1.54, 1.807) is 12.7 Å². The third-order valence-corrected chi connectivity index (χ3v) is 2.63. The normalized spacial score (nSPS) is 24.9. The van der Waals surface area contributed by atoms with Crippen molar-refractivity contribution in [3.05, 3.63) is 0 Å². The van der Waals surface area contributed by atoms with Crippen LogP contribution in [0.15, 0.2) is 0 Å². The Morgan fingerprint density at radius 1 is 1.67 bits per heavy atom. The van der Waals surface area contributed by atoms with E-state index in [1.165, 1.54) is 0 Å². The van der Waals surface area contributed by atoms with Crippen LogP contribution in [0.5, 0.6) is 0 Å². The smallest absolute Gasteiger partial charge is 0.294 e. The summed E-state index contributed by atoms with van der Waals surface area (Å²) in [7, 11) is 1.79. The van der Waals surface area contributed by atoms with E-state index in [0.29, 0.717) is 26.0 Å². The van der Waals surface area contributed by atoms with Crippen molar-refractivity contribution in [1.82, 2.24) is 4.90 Å². The molecule has 1 saturated heterocycles. The highest BCUT2D eigenvalue weighted by Crippen LogP contribution is 2.19. The van der Waals surface area contributed by atoms with Gasteiger partial charge in [0, 0.05) is 5.92 Å². The van der Waals surface area contributed by atoms with E-state index in [0.717, 1.165) is 0 Å². The van der Waals surface area contributed by atoms with Crippen molar-refractivity contribution in [3.63, 3.8) is 0 Å². The Labute approximate surface area is 90.1 Å². The molecule has 1 rings (SSSR count). The maximum atomic E-state index is 11.6. The monoisotopic (exact) mass is 213 g/mol. The molecule has 0 N–H and O–H groups in total. The summed E-state index contributed by atoms with van der Waals surface area (Å²) in [5, 5.41) is 0. The number of hydrogen-bond donors (Lipinski definition) is 0. The van der Waals surface area contributed by atoms with Crippen LogP contribution >= 0.6 is 0 Å². The van der Waals surface area contributed by atoms with E-state index in [9.17, 15) is 9.59 Å². The average Bonchev–Trinajstić information content (AvgIpc) is 2.65. The molecule has 15 heavy (non-hydrogen) atoms. The predicted octanol–water partition coefficient (Wildman–Crippen LogP) is -0.968. The van der Waals surface area contributed by atoms with Crippen LogP contribution in [0.2, 0.25) is 6.32 Å². The van der Waals surface area contributed by atoms with Gasteiger partial charge in [-0.2, -0.15) is 0 Å². The lowest BCUT2D eigenvalue weighted by molar-refractivity contribution is -0.145. The van der Waals surface area contributed by atoms with Gasteiger partial charge in [0.05, 0.1) is 19.3 Å². The number of nitrogens with zero attached hydrogens (tertiary/aromatic N) is 1. The Morgan fingerprint density at radius 3 is 2.87 bits per heavy atom. The molecule has 0 saturated carbocycles. The molecule has 0 aromatic heterocycles. The van der Waals surface area contributed by atoms with Gasteiger partial charge in [-0.05, 0) is 6.32 Å². The van der Waals surface area contributed by atoms with Crippen LogP contribution in [0.3, 0.4) is 0 Å². The molecule has 0 unspecified atom stereocenters. The van der Waals surface area contributed by atoms with Gasteiger partial charge in [-0.3, -0.25) is 9.59 Å². The number of carbonyl (C=O) groups is 2. The molecule has 84 valence electrons. The van der Waals surface area contributed by atoms with Gasteiger partial charge in [-0.15, -0.1) is 0 Å². The minimum absolute atomic E-state index is 0.0146. The van der Waals surface area contributed by atoms with E-state index in [2.05, 4.69) is 4.74 Å². The molecular weight excluding hydrogens is 197 g/mol. The second-order valence-electron chi connectivity index (χ2n) is 3.69. The van der Waals surface area contributed by atoms with Gasteiger partial charge in [0.15, 0.2) is 6.73 Å². The van der Waals surface area contributed by atoms with Gasteiger partial charge in [-0.1, -0.05) is 6.92 Å². The number of amides is 1. The summed E-state index contributed by atoms with van der Waals surface area (Å²) in [4.78, 5) is 23.3. The fraction of sp³-hybridized carbons (Fsp3) is 0.778. The molecule has 0 radical (unpaired) electrons. The van der Waals surface area contributed by atoms with E-state index >= 15 is 0 Å². The first kappa shape index (κ1) is 12.0. The summed E-state index contributed by atoms with van der Waals surface area (Å²) >= 11 is 0. The van der Waals surface area contributed by atoms with Crippen LogP contribution in [0, 0.1) is 5.92 Å². The molecule has 1 aliphatic heterocycles. The highest BCUT2D eigenvalue weighted by atomic mass is 16.5. The molecule has 5 nitrogen and oxygen atoms in total. The first-order valence-corrected chi connectivity index (χ1v) is 5.13. The highest BCUT2D eigenvalue weighted by molar-refractivity contribution is 6.19. The summed E-state index contributed by atoms with van der Waals surface area (Å²) in [5.41, 5.74) is 0. The second kappa shape index (κ2) is 5.75. The van der Waals surface area contributed by atoms with Gasteiger partial charge in [0.2, 0.25) is 5.91 Å². The Morgan fingerprint density at radius 2 is 2.40 bits per heavy atom. The summed E-state index contributed by atoms with van der Waals surface area (Å²) in [6.07, 6.45) is 0.408. The van der Waals surface area contributed by atoms with E-state index in [4.69, 9.17) is 4.74 Å². The summed E-state index contributed by atoms with van der Waals surface area (Å²) in [6, 6.07) is 0.0254. The van der Waals surface area contributed by atoms with Crippen molar-refractivity contribution in [2.45, 2.75) is 19.3 Å². The topological polar surface area (TPSA) is 55.8 Å². The first-order valence-electron chi connectivity index (χ1n) is 5.13. The van der Waals surface area contributed by atoms with E-state index in [-0.39, 0.29) is 24.6 Å². The molecule has 2 atom stereocenters. The summed E-state index contributed by atoms with van der Waals surface area (Å²) in [5.74, 6) is 0.273. The molecule has 6 heteroatoms. The zero-order chi connectivity index (χ0) is 11.3. The Balaban J connectivity index is 2.61. The van der Waals surface area contributed by atoms with E-state index < -0.39 is 0 Å². The zero-order valence-corrected chi connectivity index (χ0v) is 9.14. The summed E-state index contributed by atoms with van der Waals surface area (Å²) in [6.45, 7) is 3.58. The maximum Gasteiger partial charge on any atom is 0.294 e. The zero-order valence-electron chi connectivity index (χ0n) is 9.14. The third kappa shape index (κ3) is 2.96. The van der Waals surface area contributed by atoms with Crippen molar-refractivity contribution in [2.24, 2.45) is 5.92 Å². The minimum atomic E-state index is -0.0146. The maximum absolute atomic E-state index is 11.6. The molecule has 1 fully saturated rings. The fourth-order valence-corrected chi connectivity index (χ4v) is 1.71. The average molecular weight is 213 g/mol. The number of ether oxygens (including phenoxy) is 2. The molecule has 1 heterocycles.